The lowest BCUT2D eigenvalue weighted by atomic mass is 10.1. The maximum absolute atomic E-state index is 12.7. The van der Waals surface area contributed by atoms with Gasteiger partial charge in [0.05, 0.1) is 17.4 Å². The van der Waals surface area contributed by atoms with Crippen molar-refractivity contribution in [3.63, 3.8) is 0 Å². The first kappa shape index (κ1) is 22.9. The van der Waals surface area contributed by atoms with E-state index in [0.717, 1.165) is 11.3 Å². The summed E-state index contributed by atoms with van der Waals surface area (Å²) in [6.45, 7) is 2.05. The summed E-state index contributed by atoms with van der Waals surface area (Å²) >= 11 is 7.15. The molecule has 0 fully saturated rings. The van der Waals surface area contributed by atoms with E-state index in [9.17, 15) is 14.7 Å². The molecule has 0 aromatic heterocycles. The van der Waals surface area contributed by atoms with E-state index in [-0.39, 0.29) is 24.1 Å². The number of amides is 2. The molecule has 0 saturated carbocycles. The zero-order valence-electron chi connectivity index (χ0n) is 17.0. The van der Waals surface area contributed by atoms with E-state index in [1.807, 2.05) is 37.3 Å². The third kappa shape index (κ3) is 6.85. The molecule has 0 saturated heterocycles. The molecular formula is C24H23ClN2O3S. The molecule has 1 atom stereocenters. The first-order valence-corrected chi connectivity index (χ1v) is 11.1. The van der Waals surface area contributed by atoms with Crippen LogP contribution in [-0.2, 0) is 4.79 Å². The van der Waals surface area contributed by atoms with Gasteiger partial charge in [-0.2, -0.15) is 0 Å². The summed E-state index contributed by atoms with van der Waals surface area (Å²) in [5.74, 6) is -0.289. The normalized spacial score (nSPS) is 11.6. The minimum Gasteiger partial charge on any atom is -0.387 e. The molecule has 160 valence electrons. The fourth-order valence-corrected chi connectivity index (χ4v) is 3.82. The summed E-state index contributed by atoms with van der Waals surface area (Å²) in [7, 11) is 0. The minimum atomic E-state index is -0.846. The SMILES string of the molecule is Cc1ccc(NC(=O)CSc2ccccc2C(=O)NCC(O)c2ccc(Cl)cc2)cc1. The van der Waals surface area contributed by atoms with Gasteiger partial charge in [-0.05, 0) is 48.9 Å². The average Bonchev–Trinajstić information content (AvgIpc) is 2.78. The maximum Gasteiger partial charge on any atom is 0.252 e. The summed E-state index contributed by atoms with van der Waals surface area (Å²) < 4.78 is 0. The fraction of sp³-hybridized carbons (Fsp3) is 0.167. The van der Waals surface area contributed by atoms with Crippen LogP contribution in [0.2, 0.25) is 5.02 Å². The van der Waals surface area contributed by atoms with Crippen LogP contribution in [0.5, 0.6) is 0 Å². The molecule has 0 bridgehead atoms. The van der Waals surface area contributed by atoms with Crippen molar-refractivity contribution in [1.82, 2.24) is 5.32 Å². The highest BCUT2D eigenvalue weighted by Gasteiger charge is 2.15. The maximum atomic E-state index is 12.7. The molecule has 0 aliphatic rings. The Hall–Kier alpha value is -2.80. The van der Waals surface area contributed by atoms with Crippen LogP contribution in [0.15, 0.2) is 77.7 Å². The number of halogens is 1. The Kier molecular flexibility index (Phi) is 8.12. The number of carbonyl (C=O) groups excluding carboxylic acids is 2. The van der Waals surface area contributed by atoms with Crippen molar-refractivity contribution in [1.29, 1.82) is 0 Å². The quantitative estimate of drug-likeness (QED) is 0.425. The van der Waals surface area contributed by atoms with Gasteiger partial charge in [-0.15, -0.1) is 11.8 Å². The van der Waals surface area contributed by atoms with Crippen LogP contribution in [0.3, 0.4) is 0 Å². The fourth-order valence-electron chi connectivity index (χ4n) is 2.84. The molecule has 7 heteroatoms. The molecule has 0 spiro atoms. The van der Waals surface area contributed by atoms with Crippen molar-refractivity contribution in [3.05, 3.63) is 94.5 Å². The summed E-state index contributed by atoms with van der Waals surface area (Å²) in [6.07, 6.45) is -0.846. The standard InChI is InChI=1S/C24H23ClN2O3S/c1-16-6-12-19(13-7-16)27-23(29)15-31-22-5-3-2-4-20(22)24(30)26-14-21(28)17-8-10-18(25)11-9-17/h2-13,21,28H,14-15H2,1H3,(H,26,30)(H,27,29). The van der Waals surface area contributed by atoms with Gasteiger partial charge in [-0.3, -0.25) is 9.59 Å². The Bertz CT molecular complexity index is 1040. The van der Waals surface area contributed by atoms with Crippen LogP contribution in [0, 0.1) is 6.92 Å². The number of aliphatic hydroxyl groups excluding tert-OH is 1. The molecule has 31 heavy (non-hydrogen) atoms. The molecule has 3 N–H and O–H groups in total. The molecule has 2 amide bonds. The first-order chi connectivity index (χ1) is 14.9. The van der Waals surface area contributed by atoms with Crippen LogP contribution < -0.4 is 10.6 Å². The number of aliphatic hydroxyl groups is 1. The van der Waals surface area contributed by atoms with E-state index in [1.54, 1.807) is 42.5 Å². The zero-order chi connectivity index (χ0) is 22.2. The molecule has 0 aliphatic heterocycles. The summed E-state index contributed by atoms with van der Waals surface area (Å²) in [5, 5.41) is 16.5. The van der Waals surface area contributed by atoms with Crippen LogP contribution in [-0.4, -0.2) is 29.2 Å². The van der Waals surface area contributed by atoms with Crippen LogP contribution in [0.4, 0.5) is 5.69 Å². The minimum absolute atomic E-state index is 0.0629. The van der Waals surface area contributed by atoms with E-state index in [4.69, 9.17) is 11.6 Å². The Balaban J connectivity index is 1.56. The predicted octanol–water partition coefficient (Wildman–Crippen LogP) is 4.84. The van der Waals surface area contributed by atoms with Crippen LogP contribution in [0.25, 0.3) is 0 Å². The molecular weight excluding hydrogens is 432 g/mol. The number of hydrogen-bond acceptors (Lipinski definition) is 4. The van der Waals surface area contributed by atoms with Gasteiger partial charge in [-0.25, -0.2) is 0 Å². The van der Waals surface area contributed by atoms with Gasteiger partial charge in [0.15, 0.2) is 0 Å². The Morgan fingerprint density at radius 2 is 1.68 bits per heavy atom. The van der Waals surface area contributed by atoms with Gasteiger partial charge in [-0.1, -0.05) is 53.6 Å². The second-order valence-corrected chi connectivity index (χ2v) is 8.43. The summed E-state index contributed by atoms with van der Waals surface area (Å²) in [4.78, 5) is 25.6. The van der Waals surface area contributed by atoms with Gasteiger partial charge in [0.25, 0.3) is 5.91 Å². The molecule has 3 aromatic rings. The smallest absolute Gasteiger partial charge is 0.252 e. The van der Waals surface area contributed by atoms with Crippen molar-refractivity contribution < 1.29 is 14.7 Å². The highest BCUT2D eigenvalue weighted by Crippen LogP contribution is 2.23. The van der Waals surface area contributed by atoms with Gasteiger partial charge in [0, 0.05) is 22.2 Å². The Morgan fingerprint density at radius 3 is 2.39 bits per heavy atom. The second-order valence-electron chi connectivity index (χ2n) is 6.98. The molecule has 0 aliphatic carbocycles. The van der Waals surface area contributed by atoms with Gasteiger partial charge < -0.3 is 15.7 Å². The lowest BCUT2D eigenvalue weighted by molar-refractivity contribution is -0.113. The van der Waals surface area contributed by atoms with Crippen molar-refractivity contribution in [2.45, 2.75) is 17.9 Å². The van der Waals surface area contributed by atoms with Crippen molar-refractivity contribution in [2.24, 2.45) is 0 Å². The number of anilines is 1. The number of thioether (sulfide) groups is 1. The molecule has 3 aromatic carbocycles. The van der Waals surface area contributed by atoms with Gasteiger partial charge >= 0.3 is 0 Å². The topological polar surface area (TPSA) is 78.4 Å². The Morgan fingerprint density at radius 1 is 1.00 bits per heavy atom. The monoisotopic (exact) mass is 454 g/mol. The Labute approximate surface area is 190 Å². The van der Waals surface area contributed by atoms with Crippen molar-refractivity contribution in [2.75, 3.05) is 17.6 Å². The molecule has 5 nitrogen and oxygen atoms in total. The van der Waals surface area contributed by atoms with Crippen molar-refractivity contribution in [3.8, 4) is 0 Å². The van der Waals surface area contributed by atoms with E-state index in [1.165, 1.54) is 11.8 Å². The van der Waals surface area contributed by atoms with Gasteiger partial charge in [0.2, 0.25) is 5.91 Å². The third-order valence-corrected chi connectivity index (χ3v) is 5.86. The number of hydrogen-bond donors (Lipinski definition) is 3. The van der Waals surface area contributed by atoms with Gasteiger partial charge in [0.1, 0.15) is 0 Å². The van der Waals surface area contributed by atoms with E-state index in [2.05, 4.69) is 10.6 Å². The largest absolute Gasteiger partial charge is 0.387 e. The lowest BCUT2D eigenvalue weighted by Crippen LogP contribution is -2.28. The molecule has 1 unspecified atom stereocenters. The summed E-state index contributed by atoms with van der Waals surface area (Å²) in [5.41, 5.74) is 2.98. The van der Waals surface area contributed by atoms with Crippen LogP contribution >= 0.6 is 23.4 Å². The first-order valence-electron chi connectivity index (χ1n) is 9.72. The number of aryl methyl sites for hydroxylation is 1. The van der Waals surface area contributed by atoms with E-state index >= 15 is 0 Å². The zero-order valence-corrected chi connectivity index (χ0v) is 18.5. The molecule has 3 rings (SSSR count). The highest BCUT2D eigenvalue weighted by atomic mass is 35.5. The number of benzene rings is 3. The van der Waals surface area contributed by atoms with E-state index < -0.39 is 6.10 Å². The number of carbonyl (C=O) groups is 2. The highest BCUT2D eigenvalue weighted by molar-refractivity contribution is 8.00. The third-order valence-electron chi connectivity index (χ3n) is 4.54. The second kappa shape index (κ2) is 11.0. The van der Waals surface area contributed by atoms with Crippen molar-refractivity contribution >= 4 is 40.9 Å². The number of nitrogens with one attached hydrogen (secondary N) is 2. The lowest BCUT2D eigenvalue weighted by Gasteiger charge is -2.14. The van der Waals surface area contributed by atoms with E-state index in [0.29, 0.717) is 21.0 Å². The average molecular weight is 455 g/mol. The summed E-state index contributed by atoms with van der Waals surface area (Å²) in [6, 6.07) is 21.5. The number of rotatable bonds is 8. The van der Waals surface area contributed by atoms with Crippen LogP contribution in [0.1, 0.15) is 27.6 Å². The molecule has 0 radical (unpaired) electrons. The predicted molar refractivity (Wildman–Crippen MR) is 126 cm³/mol. The molecule has 0 heterocycles.